The Labute approximate surface area is 766 Å². The summed E-state index contributed by atoms with van der Waals surface area (Å²) < 4.78 is 2.51. The molecule has 2 aliphatic rings. The minimum Gasteiger partial charge on any atom is -0.310 e. The molecule has 1 aromatic heterocycles. The van der Waals surface area contributed by atoms with Crippen molar-refractivity contribution in [3.8, 4) is 106 Å². The van der Waals surface area contributed by atoms with Crippen LogP contribution in [0.15, 0.2) is 455 Å². The van der Waals surface area contributed by atoms with Gasteiger partial charge in [0.15, 0.2) is 0 Å². The Hall–Kier alpha value is -16.1. The van der Waals surface area contributed by atoms with E-state index in [1.165, 1.54) is 76.2 Å². The molecule has 4 nitrogen and oxygen atoms in total. The Morgan fingerprint density at radius 1 is 0.221 bits per heavy atom. The third-order valence-electron chi connectivity index (χ3n) is 27.5. The second-order valence-electron chi connectivity index (χ2n) is 37.5. The van der Waals surface area contributed by atoms with E-state index >= 15 is 0 Å². The maximum atomic E-state index is 2.76. The molecule has 0 fully saturated rings. The first-order chi connectivity index (χ1) is 64.2. The number of nitrogens with zero attached hydrogens (tertiary/aromatic N) is 4. The molecule has 24 rings (SSSR count). The number of hydrogen-bond acceptors (Lipinski definition) is 3. The number of hydrogen-bond donors (Lipinski definition) is 0. The zero-order valence-corrected chi connectivity index (χ0v) is 74.2. The van der Waals surface area contributed by atoms with Gasteiger partial charge in [-0.1, -0.05) is 393 Å². The van der Waals surface area contributed by atoms with E-state index in [4.69, 9.17) is 0 Å². The normalized spacial score (nSPS) is 12.5. The molecule has 0 saturated heterocycles. The van der Waals surface area contributed by atoms with Crippen molar-refractivity contribution in [2.45, 2.75) is 52.4 Å². The van der Waals surface area contributed by atoms with Crippen LogP contribution in [0.2, 0.25) is 0 Å². The van der Waals surface area contributed by atoms with Gasteiger partial charge in [-0.15, -0.1) is 0 Å². The highest BCUT2D eigenvalue weighted by Crippen LogP contribution is 2.58. The Morgan fingerprint density at radius 3 is 0.969 bits per heavy atom. The molecular formula is C126H93BN4. The van der Waals surface area contributed by atoms with Crippen LogP contribution in [-0.2, 0) is 10.8 Å². The third kappa shape index (κ3) is 13.5. The summed E-state index contributed by atoms with van der Waals surface area (Å²) in [5.74, 6) is 0. The minimum atomic E-state index is -0.385. The molecule has 2 aliphatic heterocycles. The lowest BCUT2D eigenvalue weighted by atomic mass is 9.33. The van der Waals surface area contributed by atoms with E-state index in [-0.39, 0.29) is 17.5 Å². The summed E-state index contributed by atoms with van der Waals surface area (Å²) in [6.07, 6.45) is 0. The van der Waals surface area contributed by atoms with Crippen molar-refractivity contribution >= 4 is 128 Å². The highest BCUT2D eigenvalue weighted by Gasteiger charge is 2.47. The summed E-state index contributed by atoms with van der Waals surface area (Å²) >= 11 is 0. The predicted molar refractivity (Wildman–Crippen MR) is 560 cm³/mol. The second kappa shape index (κ2) is 31.5. The van der Waals surface area contributed by atoms with Gasteiger partial charge >= 0.3 is 0 Å². The average molecular weight is 1670 g/mol. The number of para-hydroxylation sites is 2. The molecule has 0 atom stereocenters. The number of anilines is 9. The van der Waals surface area contributed by atoms with Crippen molar-refractivity contribution in [3.05, 3.63) is 466 Å². The largest absolute Gasteiger partial charge is 0.310 e. The van der Waals surface area contributed by atoms with Crippen LogP contribution >= 0.6 is 0 Å². The van der Waals surface area contributed by atoms with Crippen molar-refractivity contribution in [1.29, 1.82) is 0 Å². The Morgan fingerprint density at radius 2 is 0.557 bits per heavy atom. The molecule has 3 heterocycles. The SMILES string of the molecule is CC(C)(C)c1cc2ccc3cc(C(C)(C)C)cc4c(-c5ccc6c(c5)N(c5c(-c7ccccc7)cc(-c7ccccc7)cc5-c5ccccc5)c5cc(N(c7ccc(-c8ccccc8)cc7)c7ccc(-c8ccccc8)cc7)cc7c5B6c5ccc(-n6c8ccccc8c8ccccc86)cc5N7c5c(-c6ccccc6)cc(-c6ccccc6)cc5-c5ccccc5)cc(c1)c2c34. The zero-order chi connectivity index (χ0) is 87.7. The van der Waals surface area contributed by atoms with E-state index in [1.807, 2.05) is 0 Å². The molecule has 5 heteroatoms. The van der Waals surface area contributed by atoms with E-state index in [0.717, 1.165) is 162 Å². The zero-order valence-electron chi connectivity index (χ0n) is 74.2. The topological polar surface area (TPSA) is 14.7 Å². The third-order valence-corrected chi connectivity index (χ3v) is 27.5. The lowest BCUT2D eigenvalue weighted by molar-refractivity contribution is 0.591. The number of benzene rings is 21. The average Bonchev–Trinajstić information content (AvgIpc) is 1.02. The fourth-order valence-corrected chi connectivity index (χ4v) is 21.1. The molecule has 22 aromatic rings. The summed E-state index contributed by atoms with van der Waals surface area (Å²) in [6.45, 7) is 13.8. The summed E-state index contributed by atoms with van der Waals surface area (Å²) in [4.78, 5) is 8.03. The standard InChI is InChI=1S/C126H93BN4/c1-125(2,3)98-69-93-55-56-94-70-99(126(4,5)6)78-111-106(76-97(71-98)120(93)121(94)111)92-61-67-112-116(77-92)130(123-107(88-43-23-11-24-44-88)72-95(84-39-19-9-20-40-84)73-108(123)89-45-25-12-26-46-89)118-80-103(128(100-62-57-86(58-63-100)82-35-15-7-16-36-82)101-64-59-87(60-65-101)83-37-17-8-18-38-83)81-119-122(118)127(112)113-68-66-102(129-114-53-33-31-51-104(114)105-52-32-34-54-115(105)129)79-117(113)131(119)124-109(90-47-27-13-28-48-90)74-96(85-41-21-10-22-42-85)75-110(124)91-49-29-14-30-50-91/h7-81H,1-6H3. The van der Waals surface area contributed by atoms with Gasteiger partial charge in [0.2, 0.25) is 0 Å². The monoisotopic (exact) mass is 1670 g/mol. The predicted octanol–water partition coefficient (Wildman–Crippen LogP) is 32.8. The van der Waals surface area contributed by atoms with Gasteiger partial charge in [0, 0.05) is 72.8 Å². The molecule has 131 heavy (non-hydrogen) atoms. The summed E-state index contributed by atoms with van der Waals surface area (Å²) in [5.41, 5.74) is 38.7. The van der Waals surface area contributed by atoms with E-state index in [9.17, 15) is 0 Å². The van der Waals surface area contributed by atoms with Crippen molar-refractivity contribution in [1.82, 2.24) is 4.57 Å². The second-order valence-corrected chi connectivity index (χ2v) is 37.5. The summed E-state index contributed by atoms with van der Waals surface area (Å²) in [6, 6.07) is 173. The van der Waals surface area contributed by atoms with E-state index < -0.39 is 0 Å². The Balaban J connectivity index is 0.901. The van der Waals surface area contributed by atoms with Gasteiger partial charge < -0.3 is 19.3 Å². The fraction of sp³-hybridized carbons (Fsp3) is 0.0635. The molecule has 0 amide bonds. The van der Waals surface area contributed by atoms with Gasteiger partial charge in [-0.3, -0.25) is 0 Å². The van der Waals surface area contributed by atoms with Gasteiger partial charge in [-0.2, -0.15) is 0 Å². The number of aromatic nitrogens is 1. The van der Waals surface area contributed by atoms with Crippen LogP contribution in [0.25, 0.3) is 160 Å². The first-order valence-corrected chi connectivity index (χ1v) is 45.9. The first-order valence-electron chi connectivity index (χ1n) is 45.9. The molecule has 0 aliphatic carbocycles. The number of rotatable bonds is 15. The van der Waals surface area contributed by atoms with Gasteiger partial charge in [0.1, 0.15) is 0 Å². The van der Waals surface area contributed by atoms with Crippen LogP contribution < -0.4 is 31.1 Å². The van der Waals surface area contributed by atoms with Crippen molar-refractivity contribution in [2.24, 2.45) is 0 Å². The molecule has 0 unspecified atom stereocenters. The molecule has 0 bridgehead atoms. The molecular weight excluding hydrogens is 1580 g/mol. The van der Waals surface area contributed by atoms with Crippen LogP contribution in [0.1, 0.15) is 52.7 Å². The van der Waals surface area contributed by atoms with Crippen LogP contribution in [-0.4, -0.2) is 11.3 Å². The van der Waals surface area contributed by atoms with Crippen molar-refractivity contribution in [2.75, 3.05) is 14.7 Å². The lowest BCUT2D eigenvalue weighted by Crippen LogP contribution is -2.61. The smallest absolute Gasteiger partial charge is 0.252 e. The minimum absolute atomic E-state index is 0.120. The van der Waals surface area contributed by atoms with E-state index in [1.54, 1.807) is 0 Å². The molecule has 0 spiro atoms. The van der Waals surface area contributed by atoms with E-state index in [2.05, 4.69) is 516 Å². The molecule has 620 valence electrons. The maximum Gasteiger partial charge on any atom is 0.252 e. The van der Waals surface area contributed by atoms with Crippen molar-refractivity contribution in [3.63, 3.8) is 0 Å². The van der Waals surface area contributed by atoms with Crippen LogP contribution in [0.3, 0.4) is 0 Å². The Kier molecular flexibility index (Phi) is 18.8. The molecule has 0 radical (unpaired) electrons. The van der Waals surface area contributed by atoms with E-state index in [0.29, 0.717) is 0 Å². The van der Waals surface area contributed by atoms with Gasteiger partial charge in [-0.25, -0.2) is 0 Å². The maximum absolute atomic E-state index is 2.76. The first kappa shape index (κ1) is 78.4. The van der Waals surface area contributed by atoms with Crippen molar-refractivity contribution < 1.29 is 0 Å². The number of fused-ring (bicyclic) bond motifs is 7. The molecule has 0 N–H and O–H groups in total. The van der Waals surface area contributed by atoms with Gasteiger partial charge in [-0.05, 0) is 252 Å². The highest BCUT2D eigenvalue weighted by atomic mass is 15.2. The van der Waals surface area contributed by atoms with Crippen LogP contribution in [0.5, 0.6) is 0 Å². The fourth-order valence-electron chi connectivity index (χ4n) is 21.1. The summed E-state index contributed by atoms with van der Waals surface area (Å²) in [7, 11) is 0. The lowest BCUT2D eigenvalue weighted by Gasteiger charge is -2.46. The summed E-state index contributed by atoms with van der Waals surface area (Å²) in [5, 5.41) is 10.00. The molecule has 0 saturated carbocycles. The van der Waals surface area contributed by atoms with Crippen LogP contribution in [0, 0.1) is 0 Å². The van der Waals surface area contributed by atoms with Gasteiger partial charge in [0.25, 0.3) is 6.71 Å². The molecule has 21 aromatic carbocycles. The highest BCUT2D eigenvalue weighted by molar-refractivity contribution is 7.00. The van der Waals surface area contributed by atoms with Gasteiger partial charge in [0.05, 0.1) is 28.1 Å². The van der Waals surface area contributed by atoms with Crippen LogP contribution in [0.4, 0.5) is 51.2 Å². The quantitative estimate of drug-likeness (QED) is 0.0751. The Bertz CT molecular complexity index is 7910.